The van der Waals surface area contributed by atoms with Crippen molar-refractivity contribution in [3.05, 3.63) is 28.2 Å². The molecular weight excluding hydrogens is 303 g/mol. The first-order chi connectivity index (χ1) is 9.02. The van der Waals surface area contributed by atoms with Gasteiger partial charge >= 0.3 is 0 Å². The quantitative estimate of drug-likeness (QED) is 0.830. The number of aliphatic imine (C=N–C) groups is 1. The summed E-state index contributed by atoms with van der Waals surface area (Å²) >= 11 is 13.3. The van der Waals surface area contributed by atoms with Gasteiger partial charge in [-0.3, -0.25) is 9.69 Å². The van der Waals surface area contributed by atoms with Gasteiger partial charge in [-0.15, -0.1) is 0 Å². The Kier molecular flexibility index (Phi) is 4.76. The number of hydrogen-bond acceptors (Lipinski definition) is 3. The van der Waals surface area contributed by atoms with Crippen molar-refractivity contribution in [2.75, 3.05) is 5.75 Å². The maximum absolute atomic E-state index is 11.9. The highest BCUT2D eigenvalue weighted by molar-refractivity contribution is 8.15. The first-order valence-corrected chi connectivity index (χ1v) is 7.75. The zero-order valence-corrected chi connectivity index (χ0v) is 13.0. The average molecular weight is 317 g/mol. The van der Waals surface area contributed by atoms with Crippen molar-refractivity contribution in [2.45, 2.75) is 26.3 Å². The predicted molar refractivity (Wildman–Crippen MR) is 82.6 cm³/mol. The van der Waals surface area contributed by atoms with Crippen LogP contribution in [0.3, 0.4) is 0 Å². The number of hydrogen-bond donors (Lipinski definition) is 0. The molecule has 0 aromatic heterocycles. The largest absolute Gasteiger partial charge is 0.288 e. The minimum absolute atomic E-state index is 0.109. The topological polar surface area (TPSA) is 32.7 Å². The molecule has 0 bridgehead atoms. The van der Waals surface area contributed by atoms with E-state index in [-0.39, 0.29) is 11.9 Å². The van der Waals surface area contributed by atoms with Crippen LogP contribution in [0.25, 0.3) is 0 Å². The molecule has 19 heavy (non-hydrogen) atoms. The first-order valence-electron chi connectivity index (χ1n) is 6.01. The molecule has 0 saturated carbocycles. The Morgan fingerprint density at radius 3 is 2.79 bits per heavy atom. The van der Waals surface area contributed by atoms with Crippen LogP contribution in [0.2, 0.25) is 10.0 Å². The average Bonchev–Trinajstić information content (AvgIpc) is 2.74. The van der Waals surface area contributed by atoms with Crippen LogP contribution in [-0.4, -0.2) is 27.8 Å². The summed E-state index contributed by atoms with van der Waals surface area (Å²) in [5.74, 6) is 0.558. The minimum atomic E-state index is 0.109. The van der Waals surface area contributed by atoms with Crippen LogP contribution in [0.4, 0.5) is 5.69 Å². The summed E-state index contributed by atoms with van der Waals surface area (Å²) in [5, 5.41) is 1.70. The monoisotopic (exact) mass is 316 g/mol. The SMILES string of the molecule is CCC(C)N1C(=O)CSC1=Nc1ccc(Cl)c(Cl)c1. The third-order valence-electron chi connectivity index (χ3n) is 2.96. The fraction of sp³-hybridized carbons (Fsp3) is 0.385. The molecule has 102 valence electrons. The van der Waals surface area contributed by atoms with Gasteiger partial charge in [0.1, 0.15) is 0 Å². The smallest absolute Gasteiger partial charge is 0.239 e. The van der Waals surface area contributed by atoms with E-state index in [9.17, 15) is 4.79 Å². The molecule has 0 radical (unpaired) electrons. The maximum atomic E-state index is 11.9. The van der Waals surface area contributed by atoms with Gasteiger partial charge in [0.15, 0.2) is 5.17 Å². The molecule has 0 aliphatic carbocycles. The van der Waals surface area contributed by atoms with Gasteiger partial charge in [-0.1, -0.05) is 41.9 Å². The number of amides is 1. The number of amidine groups is 1. The van der Waals surface area contributed by atoms with Crippen molar-refractivity contribution < 1.29 is 4.79 Å². The van der Waals surface area contributed by atoms with Crippen LogP contribution >= 0.6 is 35.0 Å². The van der Waals surface area contributed by atoms with Crippen molar-refractivity contribution >= 4 is 51.7 Å². The molecule has 1 aliphatic rings. The number of rotatable bonds is 3. The Labute approximate surface area is 127 Å². The van der Waals surface area contributed by atoms with Crippen molar-refractivity contribution in [2.24, 2.45) is 4.99 Å². The van der Waals surface area contributed by atoms with E-state index >= 15 is 0 Å². The summed E-state index contributed by atoms with van der Waals surface area (Å²) < 4.78 is 0. The molecule has 1 unspecified atom stereocenters. The van der Waals surface area contributed by atoms with Crippen LogP contribution in [0.1, 0.15) is 20.3 Å². The van der Waals surface area contributed by atoms with Crippen molar-refractivity contribution in [3.8, 4) is 0 Å². The normalized spacial score (nSPS) is 19.3. The molecule has 1 saturated heterocycles. The van der Waals surface area contributed by atoms with Gasteiger partial charge in [0, 0.05) is 6.04 Å². The summed E-state index contributed by atoms with van der Waals surface area (Å²) in [6.45, 7) is 4.08. The lowest BCUT2D eigenvalue weighted by molar-refractivity contribution is -0.125. The van der Waals surface area contributed by atoms with E-state index in [1.807, 2.05) is 6.92 Å². The fourth-order valence-corrected chi connectivity index (χ4v) is 3.01. The Balaban J connectivity index is 2.31. The van der Waals surface area contributed by atoms with Gasteiger partial charge < -0.3 is 0 Å². The lowest BCUT2D eigenvalue weighted by Crippen LogP contribution is -2.37. The molecule has 2 rings (SSSR count). The van der Waals surface area contributed by atoms with E-state index in [1.165, 1.54) is 11.8 Å². The van der Waals surface area contributed by atoms with Gasteiger partial charge in [-0.25, -0.2) is 4.99 Å². The van der Waals surface area contributed by atoms with E-state index in [1.54, 1.807) is 23.1 Å². The van der Waals surface area contributed by atoms with E-state index in [0.29, 0.717) is 21.5 Å². The third kappa shape index (κ3) is 3.25. The second kappa shape index (κ2) is 6.16. The fourth-order valence-electron chi connectivity index (χ4n) is 1.74. The predicted octanol–water partition coefficient (Wildman–Crippen LogP) is 4.35. The Morgan fingerprint density at radius 2 is 2.16 bits per heavy atom. The van der Waals surface area contributed by atoms with E-state index in [0.717, 1.165) is 11.6 Å². The van der Waals surface area contributed by atoms with E-state index in [2.05, 4.69) is 11.9 Å². The summed E-state index contributed by atoms with van der Waals surface area (Å²) in [6, 6.07) is 5.36. The number of carbonyl (C=O) groups excluding carboxylic acids is 1. The first kappa shape index (κ1) is 14.7. The Bertz CT molecular complexity index is 533. The second-order valence-corrected chi connectivity index (χ2v) is 6.06. The molecular formula is C13H14Cl2N2OS. The highest BCUT2D eigenvalue weighted by Crippen LogP contribution is 2.30. The Hall–Kier alpha value is -0.710. The number of nitrogens with zero attached hydrogens (tertiary/aromatic N) is 2. The standard InChI is InChI=1S/C13H14Cl2N2OS/c1-3-8(2)17-12(18)7-19-13(17)16-9-4-5-10(14)11(15)6-9/h4-6,8H,3,7H2,1-2H3. The maximum Gasteiger partial charge on any atom is 0.239 e. The van der Waals surface area contributed by atoms with Crippen LogP contribution in [0.5, 0.6) is 0 Å². The molecule has 0 spiro atoms. The summed E-state index contributed by atoms with van der Waals surface area (Å²) in [5.41, 5.74) is 0.708. The van der Waals surface area contributed by atoms with Crippen LogP contribution in [0, 0.1) is 0 Å². The molecule has 0 N–H and O–H groups in total. The zero-order valence-electron chi connectivity index (χ0n) is 10.7. The van der Waals surface area contributed by atoms with E-state index < -0.39 is 0 Å². The molecule has 1 fully saturated rings. The number of halogens is 2. The summed E-state index contributed by atoms with van der Waals surface area (Å²) in [6.07, 6.45) is 0.896. The van der Waals surface area contributed by atoms with Crippen molar-refractivity contribution in [1.29, 1.82) is 0 Å². The molecule has 1 atom stereocenters. The van der Waals surface area contributed by atoms with Gasteiger partial charge in [0.05, 0.1) is 21.5 Å². The van der Waals surface area contributed by atoms with E-state index in [4.69, 9.17) is 23.2 Å². The molecule has 1 aromatic carbocycles. The highest BCUT2D eigenvalue weighted by atomic mass is 35.5. The summed E-state index contributed by atoms with van der Waals surface area (Å²) in [7, 11) is 0. The summed E-state index contributed by atoms with van der Waals surface area (Å²) in [4.78, 5) is 18.1. The molecule has 3 nitrogen and oxygen atoms in total. The molecule has 1 aliphatic heterocycles. The van der Waals surface area contributed by atoms with Crippen LogP contribution in [0.15, 0.2) is 23.2 Å². The lowest BCUT2D eigenvalue weighted by Gasteiger charge is -2.22. The minimum Gasteiger partial charge on any atom is -0.288 e. The number of benzene rings is 1. The van der Waals surface area contributed by atoms with Crippen LogP contribution < -0.4 is 0 Å². The molecule has 1 aromatic rings. The molecule has 6 heteroatoms. The van der Waals surface area contributed by atoms with Gasteiger partial charge in [-0.2, -0.15) is 0 Å². The van der Waals surface area contributed by atoms with Gasteiger partial charge in [-0.05, 0) is 31.5 Å². The van der Waals surface area contributed by atoms with Crippen molar-refractivity contribution in [1.82, 2.24) is 4.90 Å². The second-order valence-electron chi connectivity index (χ2n) is 4.30. The Morgan fingerprint density at radius 1 is 1.42 bits per heavy atom. The number of thioether (sulfide) groups is 1. The molecule has 1 heterocycles. The van der Waals surface area contributed by atoms with Crippen molar-refractivity contribution in [3.63, 3.8) is 0 Å². The van der Waals surface area contributed by atoms with Gasteiger partial charge in [0.25, 0.3) is 0 Å². The zero-order chi connectivity index (χ0) is 14.0. The lowest BCUT2D eigenvalue weighted by atomic mass is 10.2. The highest BCUT2D eigenvalue weighted by Gasteiger charge is 2.31. The van der Waals surface area contributed by atoms with Crippen LogP contribution in [-0.2, 0) is 4.79 Å². The third-order valence-corrected chi connectivity index (χ3v) is 4.64. The molecule has 1 amide bonds. The van der Waals surface area contributed by atoms with Gasteiger partial charge in [0.2, 0.25) is 5.91 Å². The number of carbonyl (C=O) groups is 1.